The van der Waals surface area contributed by atoms with Crippen LogP contribution in [0.25, 0.3) is 0 Å². The lowest BCUT2D eigenvalue weighted by Crippen LogP contribution is -2.20. The van der Waals surface area contributed by atoms with Crippen molar-refractivity contribution >= 4 is 29.3 Å². The molecule has 0 bridgehead atoms. The van der Waals surface area contributed by atoms with E-state index in [0.29, 0.717) is 4.68 Å². The third-order valence-electron chi connectivity index (χ3n) is 3.14. The van der Waals surface area contributed by atoms with Gasteiger partial charge in [0.2, 0.25) is 0 Å². The Kier molecular flexibility index (Phi) is 5.07. The number of aromatic nitrogens is 4. The molecule has 2 heterocycles. The van der Waals surface area contributed by atoms with E-state index in [0.717, 1.165) is 7.05 Å². The van der Waals surface area contributed by atoms with Crippen molar-refractivity contribution in [2.75, 3.05) is 11.9 Å². The summed E-state index contributed by atoms with van der Waals surface area (Å²) >= 11 is 5.66. The molecular weight excluding hydrogens is 367 g/mol. The van der Waals surface area contributed by atoms with E-state index in [-0.39, 0.29) is 18.0 Å². The van der Waals surface area contributed by atoms with Crippen molar-refractivity contribution in [1.82, 2.24) is 19.6 Å². The number of hydrogen-bond donors (Lipinski definition) is 1. The highest BCUT2D eigenvalue weighted by molar-refractivity contribution is 6.35. The quantitative estimate of drug-likeness (QED) is 0.823. The molecule has 1 amide bonds. The van der Waals surface area contributed by atoms with Gasteiger partial charge in [0.25, 0.3) is 5.91 Å². The maximum atomic E-state index is 12.8. The molecule has 0 aliphatic carbocycles. The standard InChI is InChI=1S/C13H13ClF3N5O3/c1-4-25-12(24)6-5-18-22(3)10(6)19-11(23)8-7(14)9(13(15,16)17)20-21(8)2/h5H,4H2,1-3H3,(H,19,23). The zero-order valence-electron chi connectivity index (χ0n) is 13.3. The molecule has 0 aliphatic rings. The Hall–Kier alpha value is -2.56. The third-order valence-corrected chi connectivity index (χ3v) is 3.50. The summed E-state index contributed by atoms with van der Waals surface area (Å²) in [7, 11) is 2.58. The number of halogens is 4. The predicted octanol–water partition coefficient (Wildman–Crippen LogP) is 2.25. The number of nitrogens with zero attached hydrogens (tertiary/aromatic N) is 4. The van der Waals surface area contributed by atoms with Crippen LogP contribution in [0, 0.1) is 0 Å². The first-order chi connectivity index (χ1) is 11.6. The van der Waals surface area contributed by atoms with Crippen LogP contribution in [0.3, 0.4) is 0 Å². The van der Waals surface area contributed by atoms with Crippen molar-refractivity contribution < 1.29 is 27.5 Å². The normalized spacial score (nSPS) is 11.5. The van der Waals surface area contributed by atoms with Gasteiger partial charge in [-0.2, -0.15) is 23.4 Å². The molecule has 0 unspecified atom stereocenters. The summed E-state index contributed by atoms with van der Waals surface area (Å²) in [6.45, 7) is 1.70. The SMILES string of the molecule is CCOC(=O)c1cnn(C)c1NC(=O)c1c(Cl)c(C(F)(F)F)nn1C. The average Bonchev–Trinajstić information content (AvgIpc) is 2.99. The van der Waals surface area contributed by atoms with Crippen molar-refractivity contribution in [1.29, 1.82) is 0 Å². The second-order valence-corrected chi connectivity index (χ2v) is 5.22. The van der Waals surface area contributed by atoms with E-state index < -0.39 is 34.5 Å². The van der Waals surface area contributed by atoms with Crippen LogP contribution in [0.4, 0.5) is 19.0 Å². The molecule has 2 rings (SSSR count). The highest BCUT2D eigenvalue weighted by Crippen LogP contribution is 2.35. The minimum Gasteiger partial charge on any atom is -0.462 e. The number of nitrogens with one attached hydrogen (secondary N) is 1. The van der Waals surface area contributed by atoms with Crippen LogP contribution in [0.5, 0.6) is 0 Å². The van der Waals surface area contributed by atoms with Crippen molar-refractivity contribution in [2.45, 2.75) is 13.1 Å². The van der Waals surface area contributed by atoms with Crippen LogP contribution in [0.1, 0.15) is 33.5 Å². The minimum absolute atomic E-state index is 0.0470. The first kappa shape index (κ1) is 18.8. The van der Waals surface area contributed by atoms with Gasteiger partial charge in [-0.15, -0.1) is 0 Å². The summed E-state index contributed by atoms with van der Waals surface area (Å²) in [5.41, 5.74) is -1.94. The second-order valence-electron chi connectivity index (χ2n) is 4.84. The largest absolute Gasteiger partial charge is 0.462 e. The monoisotopic (exact) mass is 379 g/mol. The summed E-state index contributed by atoms with van der Waals surface area (Å²) in [6, 6.07) is 0. The third kappa shape index (κ3) is 3.60. The maximum Gasteiger partial charge on any atom is 0.436 e. The fraction of sp³-hybridized carbons (Fsp3) is 0.385. The van der Waals surface area contributed by atoms with Gasteiger partial charge in [0.1, 0.15) is 22.1 Å². The zero-order chi connectivity index (χ0) is 18.9. The number of carbonyl (C=O) groups is 2. The summed E-state index contributed by atoms with van der Waals surface area (Å²) < 4.78 is 45.2. The number of amides is 1. The van der Waals surface area contributed by atoms with E-state index in [1.54, 1.807) is 6.92 Å². The molecule has 0 spiro atoms. The van der Waals surface area contributed by atoms with Gasteiger partial charge >= 0.3 is 12.1 Å². The van der Waals surface area contributed by atoms with E-state index in [4.69, 9.17) is 16.3 Å². The smallest absolute Gasteiger partial charge is 0.436 e. The Morgan fingerprint density at radius 1 is 1.32 bits per heavy atom. The van der Waals surface area contributed by atoms with Crippen LogP contribution in [-0.2, 0) is 25.0 Å². The Morgan fingerprint density at radius 2 is 1.96 bits per heavy atom. The summed E-state index contributed by atoms with van der Waals surface area (Å²) in [4.78, 5) is 24.2. The van der Waals surface area contributed by atoms with Crippen LogP contribution < -0.4 is 5.32 Å². The number of alkyl halides is 3. The van der Waals surface area contributed by atoms with Crippen LogP contribution in [-0.4, -0.2) is 38.0 Å². The van der Waals surface area contributed by atoms with Gasteiger partial charge < -0.3 is 10.1 Å². The highest BCUT2D eigenvalue weighted by Gasteiger charge is 2.40. The van der Waals surface area contributed by atoms with E-state index in [1.807, 2.05) is 0 Å². The summed E-state index contributed by atoms with van der Waals surface area (Å²) in [6.07, 6.45) is -3.64. The first-order valence-corrected chi connectivity index (χ1v) is 7.25. The Labute approximate surface area is 144 Å². The van der Waals surface area contributed by atoms with Gasteiger partial charge in [0.15, 0.2) is 5.69 Å². The molecular formula is C13H13ClF3N5O3. The summed E-state index contributed by atoms with van der Waals surface area (Å²) in [5.74, 6) is -1.77. The molecule has 0 aromatic carbocycles. The molecule has 8 nitrogen and oxygen atoms in total. The van der Waals surface area contributed by atoms with Crippen LogP contribution in [0.15, 0.2) is 6.20 Å². The van der Waals surface area contributed by atoms with Gasteiger partial charge in [0, 0.05) is 14.1 Å². The molecule has 136 valence electrons. The molecule has 0 atom stereocenters. The Balaban J connectivity index is 2.38. The molecule has 2 aromatic rings. The fourth-order valence-electron chi connectivity index (χ4n) is 2.04. The van der Waals surface area contributed by atoms with Gasteiger partial charge in [-0.3, -0.25) is 14.2 Å². The van der Waals surface area contributed by atoms with Crippen molar-refractivity contribution in [2.24, 2.45) is 14.1 Å². The number of carbonyl (C=O) groups excluding carboxylic acids is 2. The van der Waals surface area contributed by atoms with Crippen LogP contribution >= 0.6 is 11.6 Å². The van der Waals surface area contributed by atoms with Crippen molar-refractivity contribution in [3.8, 4) is 0 Å². The molecule has 12 heteroatoms. The van der Waals surface area contributed by atoms with E-state index in [1.165, 1.54) is 17.9 Å². The lowest BCUT2D eigenvalue weighted by atomic mass is 10.3. The second kappa shape index (κ2) is 6.75. The van der Waals surface area contributed by atoms with Crippen molar-refractivity contribution in [3.63, 3.8) is 0 Å². The van der Waals surface area contributed by atoms with Gasteiger partial charge in [-0.05, 0) is 6.92 Å². The predicted molar refractivity (Wildman–Crippen MR) is 80.3 cm³/mol. The minimum atomic E-state index is -4.81. The average molecular weight is 380 g/mol. The maximum absolute atomic E-state index is 12.8. The van der Waals surface area contributed by atoms with Gasteiger partial charge in [-0.25, -0.2) is 4.79 Å². The number of hydrogen-bond acceptors (Lipinski definition) is 5. The Bertz CT molecular complexity index is 828. The fourth-order valence-corrected chi connectivity index (χ4v) is 2.39. The number of aryl methyl sites for hydroxylation is 2. The number of ether oxygens (including phenoxy) is 1. The molecule has 25 heavy (non-hydrogen) atoms. The molecule has 0 aliphatic heterocycles. The topological polar surface area (TPSA) is 91.0 Å². The van der Waals surface area contributed by atoms with E-state index >= 15 is 0 Å². The van der Waals surface area contributed by atoms with E-state index in [9.17, 15) is 22.8 Å². The van der Waals surface area contributed by atoms with Gasteiger partial charge in [-0.1, -0.05) is 11.6 Å². The van der Waals surface area contributed by atoms with Crippen LogP contribution in [0.2, 0.25) is 5.02 Å². The zero-order valence-corrected chi connectivity index (χ0v) is 14.1. The number of rotatable bonds is 4. The molecule has 0 saturated heterocycles. The highest BCUT2D eigenvalue weighted by atomic mass is 35.5. The number of anilines is 1. The lowest BCUT2D eigenvalue weighted by molar-refractivity contribution is -0.141. The molecule has 0 fully saturated rings. The molecule has 0 saturated carbocycles. The molecule has 2 aromatic heterocycles. The van der Waals surface area contributed by atoms with Crippen molar-refractivity contribution in [3.05, 3.63) is 28.2 Å². The summed E-state index contributed by atoms with van der Waals surface area (Å²) in [5, 5.41) is 8.52. The Morgan fingerprint density at radius 3 is 2.48 bits per heavy atom. The van der Waals surface area contributed by atoms with Gasteiger partial charge in [0.05, 0.1) is 12.8 Å². The van der Waals surface area contributed by atoms with E-state index in [2.05, 4.69) is 15.5 Å². The molecule has 0 radical (unpaired) electrons. The number of esters is 1. The molecule has 1 N–H and O–H groups in total. The lowest BCUT2D eigenvalue weighted by Gasteiger charge is -2.08. The first-order valence-electron chi connectivity index (χ1n) is 6.88.